The second-order valence-corrected chi connectivity index (χ2v) is 10.0. The molecule has 0 saturated carbocycles. The fourth-order valence-corrected chi connectivity index (χ4v) is 6.09. The number of H-pyrrole nitrogens is 1. The molecule has 3 amide bonds. The first-order valence-corrected chi connectivity index (χ1v) is 12.3. The number of piperidine rings is 1. The smallest absolute Gasteiger partial charge is 0.238 e. The summed E-state index contributed by atoms with van der Waals surface area (Å²) in [6, 6.07) is 15.5. The van der Waals surface area contributed by atoms with Crippen molar-refractivity contribution < 1.29 is 14.4 Å². The van der Waals surface area contributed by atoms with Crippen LogP contribution in [0.2, 0.25) is 0 Å². The lowest BCUT2D eigenvalue weighted by Crippen LogP contribution is -2.64. The highest BCUT2D eigenvalue weighted by atomic mass is 16.2. The second-order valence-electron chi connectivity index (χ2n) is 10.0. The minimum Gasteiger partial charge on any atom is -0.347 e. The van der Waals surface area contributed by atoms with Crippen molar-refractivity contribution in [1.82, 2.24) is 25.1 Å². The maximum Gasteiger partial charge on any atom is 0.238 e. The Bertz CT molecular complexity index is 1310. The summed E-state index contributed by atoms with van der Waals surface area (Å²) in [5, 5.41) is 6.18. The fourth-order valence-electron chi connectivity index (χ4n) is 6.09. The summed E-state index contributed by atoms with van der Waals surface area (Å²) >= 11 is 0. The first-order chi connectivity index (χ1) is 17.2. The molecule has 2 fully saturated rings. The van der Waals surface area contributed by atoms with Crippen LogP contribution in [0.4, 0.5) is 5.69 Å². The van der Waals surface area contributed by atoms with Gasteiger partial charge in [-0.1, -0.05) is 30.3 Å². The molecule has 9 heteroatoms. The fraction of sp³-hybridized carbons (Fsp3) is 0.407. The van der Waals surface area contributed by atoms with Crippen LogP contribution < -0.4 is 10.6 Å². The van der Waals surface area contributed by atoms with E-state index in [-0.39, 0.29) is 36.2 Å². The summed E-state index contributed by atoms with van der Waals surface area (Å²) in [5.74, 6) is 0.606. The summed E-state index contributed by atoms with van der Waals surface area (Å²) in [5.41, 5.74) is 2.88. The number of hydrogen-bond donors (Lipinski definition) is 3. The number of aryl methyl sites for hydroxylation is 1. The van der Waals surface area contributed by atoms with Gasteiger partial charge in [-0.15, -0.1) is 0 Å². The number of anilines is 1. The molecule has 2 aliphatic heterocycles. The Morgan fingerprint density at radius 3 is 2.61 bits per heavy atom. The first kappa shape index (κ1) is 24.0. The number of imidazole rings is 1. The number of nitrogens with zero attached hydrogens (tertiary/aromatic N) is 3. The Labute approximate surface area is 210 Å². The zero-order chi connectivity index (χ0) is 25.4. The number of nitrogens with one attached hydrogen (secondary N) is 3. The molecule has 188 valence electrons. The molecule has 0 aliphatic carbocycles. The van der Waals surface area contributed by atoms with Gasteiger partial charge in [0.2, 0.25) is 17.7 Å². The van der Waals surface area contributed by atoms with Crippen molar-refractivity contribution in [1.29, 1.82) is 0 Å². The zero-order valence-corrected chi connectivity index (χ0v) is 20.9. The third kappa shape index (κ3) is 4.58. The molecular weight excluding hydrogens is 456 g/mol. The number of hydrogen-bond acceptors (Lipinski definition) is 5. The van der Waals surface area contributed by atoms with E-state index in [1.807, 2.05) is 60.4 Å². The maximum atomic E-state index is 13.0. The Morgan fingerprint density at radius 2 is 1.89 bits per heavy atom. The Hall–Kier alpha value is -3.72. The predicted octanol–water partition coefficient (Wildman–Crippen LogP) is 2.61. The molecule has 0 unspecified atom stereocenters. The van der Waals surface area contributed by atoms with E-state index in [4.69, 9.17) is 0 Å². The largest absolute Gasteiger partial charge is 0.347 e. The summed E-state index contributed by atoms with van der Waals surface area (Å²) in [7, 11) is 0. The van der Waals surface area contributed by atoms with Gasteiger partial charge in [-0.2, -0.15) is 0 Å². The van der Waals surface area contributed by atoms with Crippen LogP contribution in [-0.4, -0.2) is 69.2 Å². The van der Waals surface area contributed by atoms with Gasteiger partial charge in [0.1, 0.15) is 5.82 Å². The minimum atomic E-state index is -0.622. The molecular formula is C27H32N6O3. The van der Waals surface area contributed by atoms with Crippen LogP contribution in [0.5, 0.6) is 0 Å². The van der Waals surface area contributed by atoms with Crippen molar-refractivity contribution in [3.05, 3.63) is 59.9 Å². The minimum absolute atomic E-state index is 0.0169. The number of fused-ring (bicyclic) bond motifs is 2. The number of likely N-dealkylation sites (tertiary alicyclic amines) is 2. The summed E-state index contributed by atoms with van der Waals surface area (Å²) in [6.07, 6.45) is 0.760. The van der Waals surface area contributed by atoms with Crippen LogP contribution in [-0.2, 0) is 14.4 Å². The van der Waals surface area contributed by atoms with Gasteiger partial charge in [0.25, 0.3) is 0 Å². The van der Waals surface area contributed by atoms with E-state index >= 15 is 0 Å². The molecule has 3 N–H and O–H groups in total. The van der Waals surface area contributed by atoms with Gasteiger partial charge in [-0.05, 0) is 43.7 Å². The van der Waals surface area contributed by atoms with Crippen LogP contribution in [0, 0.1) is 12.8 Å². The van der Waals surface area contributed by atoms with Crippen molar-refractivity contribution in [2.75, 3.05) is 31.5 Å². The maximum absolute atomic E-state index is 13.0. The summed E-state index contributed by atoms with van der Waals surface area (Å²) in [4.78, 5) is 49.5. The average molecular weight is 489 g/mol. The molecule has 5 rings (SSSR count). The van der Waals surface area contributed by atoms with E-state index in [9.17, 15) is 14.4 Å². The van der Waals surface area contributed by atoms with Gasteiger partial charge in [0, 0.05) is 38.5 Å². The molecule has 0 bridgehead atoms. The van der Waals surface area contributed by atoms with Gasteiger partial charge in [-0.3, -0.25) is 19.3 Å². The lowest BCUT2D eigenvalue weighted by molar-refractivity contribution is -0.130. The quantitative estimate of drug-likeness (QED) is 0.511. The summed E-state index contributed by atoms with van der Waals surface area (Å²) in [6.45, 7) is 6.80. The standard InChI is InChI=1S/C27H32N6O3/c1-17-28-23-10-9-21(13-24(23)29-17)30-25(36)14-32-12-11-22-26(20-7-5-4-6-8-20)33(19(3)35)16-27(22,15-32)31-18(2)34/h4-10,13,22,26H,11-12,14-16H2,1-3H3,(H,28,29)(H,30,36)(H,31,34)/t22-,26-,27-/m1/s1. The Balaban J connectivity index is 1.35. The molecule has 3 heterocycles. The van der Waals surface area contributed by atoms with Gasteiger partial charge >= 0.3 is 0 Å². The van der Waals surface area contributed by atoms with E-state index in [0.717, 1.165) is 28.8 Å². The molecule has 1 aromatic heterocycles. The Morgan fingerprint density at radius 1 is 1.11 bits per heavy atom. The second kappa shape index (κ2) is 9.39. The van der Waals surface area contributed by atoms with Crippen LogP contribution in [0.25, 0.3) is 11.0 Å². The van der Waals surface area contributed by atoms with Crippen LogP contribution in [0.3, 0.4) is 0 Å². The van der Waals surface area contributed by atoms with Crippen molar-refractivity contribution in [2.45, 2.75) is 38.8 Å². The Kier molecular flexibility index (Phi) is 6.26. The highest BCUT2D eigenvalue weighted by molar-refractivity contribution is 5.94. The average Bonchev–Trinajstić information content (AvgIpc) is 3.35. The molecule has 36 heavy (non-hydrogen) atoms. The number of aromatic amines is 1. The van der Waals surface area contributed by atoms with Crippen molar-refractivity contribution >= 4 is 34.4 Å². The predicted molar refractivity (Wildman–Crippen MR) is 137 cm³/mol. The monoisotopic (exact) mass is 488 g/mol. The van der Waals surface area contributed by atoms with E-state index in [1.165, 1.54) is 6.92 Å². The normalized spacial score (nSPS) is 23.9. The number of benzene rings is 2. The van der Waals surface area contributed by atoms with E-state index in [2.05, 4.69) is 25.5 Å². The van der Waals surface area contributed by atoms with Gasteiger partial charge in [0.05, 0.1) is 29.2 Å². The third-order valence-electron chi connectivity index (χ3n) is 7.36. The van der Waals surface area contributed by atoms with E-state index in [1.54, 1.807) is 6.92 Å². The molecule has 0 spiro atoms. The van der Waals surface area contributed by atoms with Crippen molar-refractivity contribution in [3.63, 3.8) is 0 Å². The molecule has 9 nitrogen and oxygen atoms in total. The lowest BCUT2D eigenvalue weighted by Gasteiger charge is -2.45. The number of carbonyl (C=O) groups excluding carboxylic acids is 3. The molecule has 2 aliphatic rings. The van der Waals surface area contributed by atoms with Gasteiger partial charge < -0.3 is 20.5 Å². The number of amides is 3. The lowest BCUT2D eigenvalue weighted by atomic mass is 9.75. The highest BCUT2D eigenvalue weighted by Gasteiger charge is 2.56. The van der Waals surface area contributed by atoms with Crippen LogP contribution >= 0.6 is 0 Å². The molecule has 0 radical (unpaired) electrons. The number of aromatic nitrogens is 2. The first-order valence-electron chi connectivity index (χ1n) is 12.3. The zero-order valence-electron chi connectivity index (χ0n) is 20.9. The molecule has 2 aromatic carbocycles. The summed E-state index contributed by atoms with van der Waals surface area (Å²) < 4.78 is 0. The third-order valence-corrected chi connectivity index (χ3v) is 7.36. The van der Waals surface area contributed by atoms with Gasteiger partial charge in [0.15, 0.2) is 0 Å². The van der Waals surface area contributed by atoms with E-state index < -0.39 is 5.54 Å². The van der Waals surface area contributed by atoms with Gasteiger partial charge in [-0.25, -0.2) is 4.98 Å². The van der Waals surface area contributed by atoms with Crippen molar-refractivity contribution in [3.8, 4) is 0 Å². The van der Waals surface area contributed by atoms with Crippen LogP contribution in [0.15, 0.2) is 48.5 Å². The number of carbonyl (C=O) groups is 3. The van der Waals surface area contributed by atoms with Crippen molar-refractivity contribution in [2.24, 2.45) is 5.92 Å². The van der Waals surface area contributed by atoms with Crippen LogP contribution in [0.1, 0.15) is 37.7 Å². The highest BCUT2D eigenvalue weighted by Crippen LogP contribution is 2.47. The molecule has 3 aromatic rings. The molecule has 2 saturated heterocycles. The topological polar surface area (TPSA) is 110 Å². The van der Waals surface area contributed by atoms with E-state index in [0.29, 0.717) is 25.3 Å². The number of rotatable bonds is 5. The SMILES string of the molecule is CC(=O)N[C@@]12CN(CC(=O)Nc3ccc4nc(C)[nH]c4c3)CC[C@@H]1[C@@H](c1ccccc1)N(C(C)=O)C2. The molecule has 3 atom stereocenters.